The Morgan fingerprint density at radius 2 is 1.77 bits per heavy atom. The topological polar surface area (TPSA) is 86.8 Å². The molecule has 1 N–H and O–H groups in total. The summed E-state index contributed by atoms with van der Waals surface area (Å²) < 4.78 is 29.7. The summed E-state index contributed by atoms with van der Waals surface area (Å²) in [5.41, 5.74) is 2.07. The number of hydrogen-bond acceptors (Lipinski definition) is 4. The van der Waals surface area contributed by atoms with E-state index in [0.29, 0.717) is 25.4 Å². The SMILES string of the molecule is CC1NC(=O)N([C@H]2C[C@H]3CC[C@]2(CS(=O)(=O)N2CCC4(CCc5ccccc54)CC2)C3(C)C)C1=O. The number of fused-ring (bicyclic) bond motifs is 4. The van der Waals surface area contributed by atoms with Gasteiger partial charge in [0.05, 0.1) is 5.75 Å². The second-order valence-corrected chi connectivity index (χ2v) is 14.3. The minimum absolute atomic E-state index is 0.0171. The van der Waals surface area contributed by atoms with Gasteiger partial charge in [-0.15, -0.1) is 0 Å². The fourth-order valence-electron chi connectivity index (χ4n) is 8.54. The molecule has 1 aromatic rings. The Kier molecular flexibility index (Phi) is 5.06. The number of nitrogens with one attached hydrogen (secondary N) is 1. The molecule has 3 amide bonds. The number of piperidine rings is 1. The lowest BCUT2D eigenvalue weighted by molar-refractivity contribution is -0.130. The standard InChI is InChI=1S/C27H37N3O4S/c1-18-23(31)30(24(32)28-18)22-16-20-9-11-27(22,25(20,2)3)17-35(33,34)29-14-12-26(13-15-29)10-8-19-6-4-5-7-21(19)26/h4-7,18,20,22H,8-17H2,1-3H3,(H,28,32)/t18?,20-,22+,27-/m1/s1. The summed E-state index contributed by atoms with van der Waals surface area (Å²) in [5, 5.41) is 2.74. The van der Waals surface area contributed by atoms with E-state index < -0.39 is 21.5 Å². The predicted octanol–water partition coefficient (Wildman–Crippen LogP) is 3.43. The number of amides is 3. The van der Waals surface area contributed by atoms with E-state index in [-0.39, 0.29) is 34.6 Å². The lowest BCUT2D eigenvalue weighted by Crippen LogP contribution is -2.56. The fourth-order valence-corrected chi connectivity index (χ4v) is 10.8. The molecule has 2 heterocycles. The second-order valence-electron chi connectivity index (χ2n) is 12.3. The molecule has 0 radical (unpaired) electrons. The molecule has 1 unspecified atom stereocenters. The van der Waals surface area contributed by atoms with Gasteiger partial charge in [-0.3, -0.25) is 9.69 Å². The minimum Gasteiger partial charge on any atom is -0.326 e. The van der Waals surface area contributed by atoms with E-state index >= 15 is 0 Å². The zero-order valence-corrected chi connectivity index (χ0v) is 21.9. The molecule has 7 nitrogen and oxygen atoms in total. The van der Waals surface area contributed by atoms with Gasteiger partial charge < -0.3 is 5.32 Å². The third-order valence-corrected chi connectivity index (χ3v) is 12.9. The number of rotatable bonds is 4. The molecule has 2 aliphatic heterocycles. The molecular formula is C27H37N3O4S. The van der Waals surface area contributed by atoms with Crippen LogP contribution in [0.1, 0.15) is 70.4 Å². The molecule has 190 valence electrons. The van der Waals surface area contributed by atoms with E-state index in [0.717, 1.165) is 38.5 Å². The third kappa shape index (κ3) is 3.14. The molecular weight excluding hydrogens is 462 g/mol. The molecule has 5 aliphatic rings. The predicted molar refractivity (Wildman–Crippen MR) is 133 cm³/mol. The van der Waals surface area contributed by atoms with Crippen molar-refractivity contribution in [2.75, 3.05) is 18.8 Å². The first-order chi connectivity index (χ1) is 16.5. The van der Waals surface area contributed by atoms with Crippen molar-refractivity contribution in [3.63, 3.8) is 0 Å². The molecule has 0 aromatic heterocycles. The molecule has 2 bridgehead atoms. The van der Waals surface area contributed by atoms with Gasteiger partial charge in [0.1, 0.15) is 6.04 Å². The normalized spacial score (nSPS) is 35.6. The summed E-state index contributed by atoms with van der Waals surface area (Å²) >= 11 is 0. The number of nitrogens with zero attached hydrogens (tertiary/aromatic N) is 2. The number of imide groups is 1. The van der Waals surface area contributed by atoms with Gasteiger partial charge in [-0.1, -0.05) is 38.1 Å². The van der Waals surface area contributed by atoms with E-state index in [1.807, 2.05) is 0 Å². The van der Waals surface area contributed by atoms with Gasteiger partial charge in [0.2, 0.25) is 10.0 Å². The highest BCUT2D eigenvalue weighted by molar-refractivity contribution is 7.89. The number of carbonyl (C=O) groups is 2. The smallest absolute Gasteiger partial charge is 0.325 e. The van der Waals surface area contributed by atoms with Crippen LogP contribution in [-0.4, -0.2) is 60.5 Å². The molecule has 6 rings (SSSR count). The maximum Gasteiger partial charge on any atom is 0.325 e. The van der Waals surface area contributed by atoms with Crippen molar-refractivity contribution in [1.29, 1.82) is 0 Å². The zero-order chi connectivity index (χ0) is 24.8. The Balaban J connectivity index is 1.26. The third-order valence-electron chi connectivity index (χ3n) is 10.8. The molecule has 2 saturated heterocycles. The lowest BCUT2D eigenvalue weighted by atomic mass is 9.68. The molecule has 4 fully saturated rings. The van der Waals surface area contributed by atoms with Crippen LogP contribution in [0.5, 0.6) is 0 Å². The first-order valence-electron chi connectivity index (χ1n) is 13.2. The quantitative estimate of drug-likeness (QED) is 0.643. The molecule has 4 atom stereocenters. The highest BCUT2D eigenvalue weighted by Crippen LogP contribution is 2.67. The van der Waals surface area contributed by atoms with Crippen LogP contribution in [0.25, 0.3) is 0 Å². The number of carbonyl (C=O) groups excluding carboxylic acids is 2. The summed E-state index contributed by atoms with van der Waals surface area (Å²) in [4.78, 5) is 27.1. The van der Waals surface area contributed by atoms with E-state index in [4.69, 9.17) is 0 Å². The van der Waals surface area contributed by atoms with Gasteiger partial charge in [-0.05, 0) is 79.7 Å². The van der Waals surface area contributed by atoms with Crippen molar-refractivity contribution in [2.24, 2.45) is 16.7 Å². The van der Waals surface area contributed by atoms with E-state index in [1.165, 1.54) is 16.0 Å². The Labute approximate surface area is 208 Å². The average molecular weight is 500 g/mol. The van der Waals surface area contributed by atoms with Crippen LogP contribution in [0.3, 0.4) is 0 Å². The summed E-state index contributed by atoms with van der Waals surface area (Å²) in [6, 6.07) is 7.36. The lowest BCUT2D eigenvalue weighted by Gasteiger charge is -2.46. The number of sulfonamides is 1. The Morgan fingerprint density at radius 1 is 1.06 bits per heavy atom. The van der Waals surface area contributed by atoms with Gasteiger partial charge in [0, 0.05) is 24.5 Å². The van der Waals surface area contributed by atoms with E-state index in [9.17, 15) is 18.0 Å². The van der Waals surface area contributed by atoms with Crippen LogP contribution < -0.4 is 5.32 Å². The van der Waals surface area contributed by atoms with E-state index in [2.05, 4.69) is 43.4 Å². The summed E-state index contributed by atoms with van der Waals surface area (Å²) in [5.74, 6) is 0.113. The minimum atomic E-state index is -3.55. The van der Waals surface area contributed by atoms with Crippen LogP contribution in [0.4, 0.5) is 4.79 Å². The van der Waals surface area contributed by atoms with E-state index in [1.54, 1.807) is 11.2 Å². The van der Waals surface area contributed by atoms with Crippen molar-refractivity contribution >= 4 is 22.0 Å². The molecule has 35 heavy (non-hydrogen) atoms. The summed E-state index contributed by atoms with van der Waals surface area (Å²) in [7, 11) is -3.55. The molecule has 3 aliphatic carbocycles. The number of hydrogen-bond donors (Lipinski definition) is 1. The van der Waals surface area contributed by atoms with Gasteiger partial charge in [-0.2, -0.15) is 0 Å². The zero-order valence-electron chi connectivity index (χ0n) is 21.0. The second kappa shape index (κ2) is 7.54. The monoisotopic (exact) mass is 499 g/mol. The summed E-state index contributed by atoms with van der Waals surface area (Å²) in [6.07, 6.45) is 6.29. The maximum atomic E-state index is 14.0. The summed E-state index contributed by atoms with van der Waals surface area (Å²) in [6.45, 7) is 7.10. The Bertz CT molecular complexity index is 1190. The van der Waals surface area contributed by atoms with Gasteiger partial charge in [0.25, 0.3) is 5.91 Å². The average Bonchev–Trinajstić information content (AvgIpc) is 3.44. The Morgan fingerprint density at radius 3 is 2.43 bits per heavy atom. The molecule has 2 saturated carbocycles. The number of urea groups is 1. The van der Waals surface area contributed by atoms with Crippen LogP contribution in [-0.2, 0) is 26.7 Å². The molecule has 1 aromatic carbocycles. The van der Waals surface area contributed by atoms with Crippen molar-refractivity contribution in [3.05, 3.63) is 35.4 Å². The van der Waals surface area contributed by atoms with Crippen molar-refractivity contribution in [2.45, 2.75) is 83.2 Å². The number of aryl methyl sites for hydroxylation is 1. The first kappa shape index (κ1) is 23.5. The van der Waals surface area contributed by atoms with Crippen LogP contribution in [0.15, 0.2) is 24.3 Å². The van der Waals surface area contributed by atoms with Crippen LogP contribution in [0, 0.1) is 16.7 Å². The fraction of sp³-hybridized carbons (Fsp3) is 0.704. The van der Waals surface area contributed by atoms with Crippen LogP contribution in [0.2, 0.25) is 0 Å². The van der Waals surface area contributed by atoms with Crippen molar-refractivity contribution in [3.8, 4) is 0 Å². The van der Waals surface area contributed by atoms with Crippen molar-refractivity contribution < 1.29 is 18.0 Å². The maximum absolute atomic E-state index is 14.0. The highest BCUT2D eigenvalue weighted by atomic mass is 32.2. The molecule has 1 spiro atoms. The van der Waals surface area contributed by atoms with Gasteiger partial charge in [-0.25, -0.2) is 17.5 Å². The highest BCUT2D eigenvalue weighted by Gasteiger charge is 2.68. The first-order valence-corrected chi connectivity index (χ1v) is 14.8. The van der Waals surface area contributed by atoms with Gasteiger partial charge >= 0.3 is 6.03 Å². The molecule has 8 heteroatoms. The largest absolute Gasteiger partial charge is 0.326 e. The Hall–Kier alpha value is -1.93. The van der Waals surface area contributed by atoms with Gasteiger partial charge in [0.15, 0.2) is 0 Å². The van der Waals surface area contributed by atoms with Crippen LogP contribution >= 0.6 is 0 Å². The number of benzene rings is 1. The van der Waals surface area contributed by atoms with Crippen molar-refractivity contribution in [1.82, 2.24) is 14.5 Å².